The van der Waals surface area contributed by atoms with Crippen LogP contribution in [-0.4, -0.2) is 46.9 Å². The van der Waals surface area contributed by atoms with Gasteiger partial charge in [0.15, 0.2) is 0 Å². The SMILES string of the molecule is CC(C)Oc1nc(NN)nc(N2CCOCC2C)n1. The molecule has 8 nitrogen and oxygen atoms in total. The summed E-state index contributed by atoms with van der Waals surface area (Å²) in [5, 5.41) is 0. The van der Waals surface area contributed by atoms with E-state index in [4.69, 9.17) is 15.3 Å². The maximum atomic E-state index is 5.51. The van der Waals surface area contributed by atoms with Gasteiger partial charge in [-0.3, -0.25) is 5.43 Å². The molecule has 3 N–H and O–H groups in total. The Bertz CT molecular complexity index is 428. The molecule has 0 aromatic carbocycles. The van der Waals surface area contributed by atoms with Gasteiger partial charge in [0.1, 0.15) is 0 Å². The Labute approximate surface area is 112 Å². The number of morpholine rings is 1. The van der Waals surface area contributed by atoms with Crippen molar-refractivity contribution in [3.8, 4) is 6.01 Å². The summed E-state index contributed by atoms with van der Waals surface area (Å²) in [4.78, 5) is 14.7. The molecule has 106 valence electrons. The smallest absolute Gasteiger partial charge is 0.323 e. The lowest BCUT2D eigenvalue weighted by Gasteiger charge is -2.33. The Kier molecular flexibility index (Phi) is 4.33. The van der Waals surface area contributed by atoms with E-state index in [1.54, 1.807) is 0 Å². The number of hydrogen-bond donors (Lipinski definition) is 2. The molecule has 19 heavy (non-hydrogen) atoms. The Morgan fingerprint density at radius 1 is 1.42 bits per heavy atom. The lowest BCUT2D eigenvalue weighted by atomic mass is 10.3. The number of rotatable bonds is 4. The fourth-order valence-electron chi connectivity index (χ4n) is 1.83. The van der Waals surface area contributed by atoms with Crippen LogP contribution in [0.5, 0.6) is 6.01 Å². The number of nitrogens with zero attached hydrogens (tertiary/aromatic N) is 4. The molecular formula is C11H20N6O2. The highest BCUT2D eigenvalue weighted by Crippen LogP contribution is 2.19. The third kappa shape index (κ3) is 3.42. The minimum Gasteiger partial charge on any atom is -0.461 e. The summed E-state index contributed by atoms with van der Waals surface area (Å²) in [5.74, 6) is 6.22. The molecule has 0 spiro atoms. The standard InChI is InChI=1S/C11H20N6O2/c1-7(2)19-11-14-9(16-12)13-10(15-11)17-4-5-18-6-8(17)3/h7-8H,4-6,12H2,1-3H3,(H,13,14,15,16). The summed E-state index contributed by atoms with van der Waals surface area (Å²) in [5.41, 5.74) is 2.43. The number of aromatic nitrogens is 3. The molecule has 2 heterocycles. The van der Waals surface area contributed by atoms with Crippen LogP contribution in [0.15, 0.2) is 0 Å². The molecule has 1 aromatic heterocycles. The van der Waals surface area contributed by atoms with E-state index >= 15 is 0 Å². The van der Waals surface area contributed by atoms with Crippen LogP contribution in [-0.2, 0) is 4.74 Å². The normalized spacial score (nSPS) is 19.6. The highest BCUT2D eigenvalue weighted by atomic mass is 16.5. The fourth-order valence-corrected chi connectivity index (χ4v) is 1.83. The first-order chi connectivity index (χ1) is 9.10. The topological polar surface area (TPSA) is 98.4 Å². The summed E-state index contributed by atoms with van der Waals surface area (Å²) in [7, 11) is 0. The molecule has 1 unspecified atom stereocenters. The molecule has 1 saturated heterocycles. The summed E-state index contributed by atoms with van der Waals surface area (Å²) >= 11 is 0. The number of hydrogen-bond acceptors (Lipinski definition) is 8. The van der Waals surface area contributed by atoms with Crippen LogP contribution >= 0.6 is 0 Å². The Morgan fingerprint density at radius 3 is 2.84 bits per heavy atom. The third-order valence-electron chi connectivity index (χ3n) is 2.70. The minimum atomic E-state index is -0.0111. The van der Waals surface area contributed by atoms with Crippen molar-refractivity contribution < 1.29 is 9.47 Å². The maximum absolute atomic E-state index is 5.51. The van der Waals surface area contributed by atoms with Crippen molar-refractivity contribution in [1.82, 2.24) is 15.0 Å². The monoisotopic (exact) mass is 268 g/mol. The van der Waals surface area contributed by atoms with E-state index in [0.717, 1.165) is 6.54 Å². The first-order valence-corrected chi connectivity index (χ1v) is 6.34. The second-order valence-corrected chi connectivity index (χ2v) is 4.67. The minimum absolute atomic E-state index is 0.0111. The molecule has 1 aromatic rings. The average Bonchev–Trinajstić information content (AvgIpc) is 2.38. The van der Waals surface area contributed by atoms with Crippen LogP contribution < -0.4 is 20.9 Å². The van der Waals surface area contributed by atoms with Gasteiger partial charge in [-0.25, -0.2) is 5.84 Å². The quantitative estimate of drug-likeness (QED) is 0.589. The molecule has 0 bridgehead atoms. The molecule has 1 aliphatic rings. The number of nitrogens with one attached hydrogen (secondary N) is 1. The van der Waals surface area contributed by atoms with E-state index in [9.17, 15) is 0 Å². The number of hydrazine groups is 1. The van der Waals surface area contributed by atoms with E-state index in [-0.39, 0.29) is 18.2 Å². The second-order valence-electron chi connectivity index (χ2n) is 4.67. The zero-order valence-corrected chi connectivity index (χ0v) is 11.5. The molecule has 0 amide bonds. The van der Waals surface area contributed by atoms with Crippen molar-refractivity contribution in [2.75, 3.05) is 30.1 Å². The first kappa shape index (κ1) is 13.8. The first-order valence-electron chi connectivity index (χ1n) is 6.34. The molecular weight excluding hydrogens is 248 g/mol. The lowest BCUT2D eigenvalue weighted by molar-refractivity contribution is 0.0978. The Balaban J connectivity index is 2.27. The number of anilines is 2. The van der Waals surface area contributed by atoms with Crippen molar-refractivity contribution in [3.05, 3.63) is 0 Å². The average molecular weight is 268 g/mol. The van der Waals surface area contributed by atoms with E-state index in [1.165, 1.54) is 0 Å². The zero-order valence-electron chi connectivity index (χ0n) is 11.5. The predicted molar refractivity (Wildman–Crippen MR) is 71.0 cm³/mol. The van der Waals surface area contributed by atoms with Crippen molar-refractivity contribution in [2.24, 2.45) is 5.84 Å². The molecule has 1 aliphatic heterocycles. The van der Waals surface area contributed by atoms with Crippen molar-refractivity contribution in [3.63, 3.8) is 0 Å². The lowest BCUT2D eigenvalue weighted by Crippen LogP contribution is -2.44. The summed E-state index contributed by atoms with van der Waals surface area (Å²) in [6, 6.07) is 0.473. The van der Waals surface area contributed by atoms with Crippen LogP contribution in [0.1, 0.15) is 20.8 Å². The molecule has 0 aliphatic carbocycles. The van der Waals surface area contributed by atoms with Gasteiger partial charge in [-0.15, -0.1) is 0 Å². The zero-order chi connectivity index (χ0) is 13.8. The third-order valence-corrected chi connectivity index (χ3v) is 2.70. The largest absolute Gasteiger partial charge is 0.461 e. The Morgan fingerprint density at radius 2 is 2.21 bits per heavy atom. The van der Waals surface area contributed by atoms with Gasteiger partial charge in [0, 0.05) is 6.54 Å². The second kappa shape index (κ2) is 5.98. The van der Waals surface area contributed by atoms with Crippen LogP contribution in [0.25, 0.3) is 0 Å². The molecule has 1 fully saturated rings. The van der Waals surface area contributed by atoms with Gasteiger partial charge in [0.2, 0.25) is 11.9 Å². The van der Waals surface area contributed by atoms with E-state index in [2.05, 4.69) is 32.2 Å². The van der Waals surface area contributed by atoms with Crippen LogP contribution in [0.2, 0.25) is 0 Å². The van der Waals surface area contributed by atoms with E-state index < -0.39 is 0 Å². The van der Waals surface area contributed by atoms with E-state index in [1.807, 2.05) is 13.8 Å². The van der Waals surface area contributed by atoms with Gasteiger partial charge in [0.05, 0.1) is 25.4 Å². The van der Waals surface area contributed by atoms with Crippen LogP contribution in [0, 0.1) is 0 Å². The van der Waals surface area contributed by atoms with Crippen molar-refractivity contribution >= 4 is 11.9 Å². The molecule has 0 saturated carbocycles. The number of ether oxygens (including phenoxy) is 2. The molecule has 0 radical (unpaired) electrons. The van der Waals surface area contributed by atoms with Gasteiger partial charge in [-0.2, -0.15) is 15.0 Å². The molecule has 1 atom stereocenters. The summed E-state index contributed by atoms with van der Waals surface area (Å²) in [6.45, 7) is 7.92. The van der Waals surface area contributed by atoms with Gasteiger partial charge >= 0.3 is 6.01 Å². The van der Waals surface area contributed by atoms with Crippen molar-refractivity contribution in [2.45, 2.75) is 32.9 Å². The summed E-state index contributed by atoms with van der Waals surface area (Å²) < 4.78 is 10.9. The molecule has 2 rings (SSSR count). The fraction of sp³-hybridized carbons (Fsp3) is 0.727. The van der Waals surface area contributed by atoms with Crippen LogP contribution in [0.3, 0.4) is 0 Å². The van der Waals surface area contributed by atoms with Gasteiger partial charge in [0.25, 0.3) is 0 Å². The predicted octanol–water partition coefficient (Wildman–Crippen LogP) is 0.170. The number of nitrogens with two attached hydrogens (primary N) is 1. The highest BCUT2D eigenvalue weighted by Gasteiger charge is 2.23. The molecule has 8 heteroatoms. The maximum Gasteiger partial charge on any atom is 0.323 e. The van der Waals surface area contributed by atoms with E-state index in [0.29, 0.717) is 25.1 Å². The van der Waals surface area contributed by atoms with Crippen LogP contribution in [0.4, 0.5) is 11.9 Å². The van der Waals surface area contributed by atoms with Gasteiger partial charge in [-0.05, 0) is 20.8 Å². The highest BCUT2D eigenvalue weighted by molar-refractivity contribution is 5.39. The van der Waals surface area contributed by atoms with Gasteiger partial charge in [-0.1, -0.05) is 0 Å². The van der Waals surface area contributed by atoms with Gasteiger partial charge < -0.3 is 14.4 Å². The number of nitrogen functional groups attached to an aromatic ring is 1. The Hall–Kier alpha value is -1.67. The van der Waals surface area contributed by atoms with Crippen molar-refractivity contribution in [1.29, 1.82) is 0 Å². The summed E-state index contributed by atoms with van der Waals surface area (Å²) in [6.07, 6.45) is -0.0111.